The van der Waals surface area contributed by atoms with Gasteiger partial charge in [0, 0.05) is 12.1 Å². The minimum Gasteiger partial charge on any atom is -0.469 e. The number of hydrogen-bond acceptors (Lipinski definition) is 3. The molecule has 0 saturated heterocycles. The Morgan fingerprint density at radius 2 is 2.15 bits per heavy atom. The molecule has 0 aliphatic rings. The average Bonchev–Trinajstić information content (AvgIpc) is 2.78. The minimum absolute atomic E-state index is 0.271. The molecule has 0 atom stereocenters. The number of rotatable bonds is 4. The molecule has 7 heteroatoms. The Bertz CT molecular complexity index is 620. The largest absolute Gasteiger partial charge is 0.469 e. The van der Waals surface area contributed by atoms with Gasteiger partial charge in [0.15, 0.2) is 0 Å². The maximum absolute atomic E-state index is 12.5. The first-order chi connectivity index (χ1) is 9.40. The van der Waals surface area contributed by atoms with Crippen LogP contribution < -0.4 is 0 Å². The third-order valence-electron chi connectivity index (χ3n) is 2.88. The van der Waals surface area contributed by atoms with E-state index in [4.69, 9.17) is 0 Å². The van der Waals surface area contributed by atoms with Gasteiger partial charge in [-0.25, -0.2) is 4.98 Å². The first kappa shape index (κ1) is 14.4. The van der Waals surface area contributed by atoms with Crippen LogP contribution in [0, 0.1) is 0 Å². The molecule has 2 heterocycles. The van der Waals surface area contributed by atoms with Crippen LogP contribution in [0.25, 0.3) is 11.0 Å². The molecule has 0 spiro atoms. The third-order valence-corrected chi connectivity index (χ3v) is 2.88. The normalized spacial score (nSPS) is 11.8. The monoisotopic (exact) mass is 286 g/mol. The van der Waals surface area contributed by atoms with Crippen molar-refractivity contribution >= 4 is 17.0 Å². The van der Waals surface area contributed by atoms with Gasteiger partial charge in [0.2, 0.25) is 0 Å². The molecular formula is C13H13F3N2O2. The molecule has 2 aromatic rings. The summed E-state index contributed by atoms with van der Waals surface area (Å²) in [6.45, 7) is 0. The fourth-order valence-corrected chi connectivity index (χ4v) is 1.88. The van der Waals surface area contributed by atoms with Crippen molar-refractivity contribution in [2.75, 3.05) is 7.11 Å². The number of H-pyrrole nitrogens is 1. The van der Waals surface area contributed by atoms with Crippen LogP contribution in [0.15, 0.2) is 18.2 Å². The highest BCUT2D eigenvalue weighted by atomic mass is 19.4. The van der Waals surface area contributed by atoms with Gasteiger partial charge in [-0.3, -0.25) is 4.79 Å². The van der Waals surface area contributed by atoms with Crippen LogP contribution in [0.1, 0.15) is 24.2 Å². The van der Waals surface area contributed by atoms with Crippen molar-refractivity contribution in [1.82, 2.24) is 9.97 Å². The van der Waals surface area contributed by atoms with Crippen LogP contribution in [0.3, 0.4) is 0 Å². The molecule has 0 amide bonds. The van der Waals surface area contributed by atoms with E-state index < -0.39 is 11.9 Å². The number of pyridine rings is 1. The highest BCUT2D eigenvalue weighted by Crippen LogP contribution is 2.29. The number of carbonyl (C=O) groups excluding carboxylic acids is 1. The number of fused-ring (bicyclic) bond motifs is 1. The molecular weight excluding hydrogens is 273 g/mol. The average molecular weight is 286 g/mol. The quantitative estimate of drug-likeness (QED) is 0.879. The van der Waals surface area contributed by atoms with E-state index >= 15 is 0 Å². The summed E-state index contributed by atoms with van der Waals surface area (Å²) in [5.41, 5.74) is 0.653. The van der Waals surface area contributed by atoms with Crippen LogP contribution >= 0.6 is 0 Å². The van der Waals surface area contributed by atoms with E-state index in [2.05, 4.69) is 14.7 Å². The van der Waals surface area contributed by atoms with Crippen LogP contribution in [0.2, 0.25) is 0 Å². The van der Waals surface area contributed by atoms with Crippen molar-refractivity contribution in [2.45, 2.75) is 25.4 Å². The summed E-state index contributed by atoms with van der Waals surface area (Å²) < 4.78 is 42.1. The van der Waals surface area contributed by atoms with Gasteiger partial charge >= 0.3 is 12.1 Å². The number of ether oxygens (including phenoxy) is 1. The predicted octanol–water partition coefficient (Wildman–Crippen LogP) is 3.08. The Labute approximate surface area is 113 Å². The van der Waals surface area contributed by atoms with E-state index in [9.17, 15) is 18.0 Å². The van der Waals surface area contributed by atoms with Gasteiger partial charge in [-0.15, -0.1) is 0 Å². The second-order valence-electron chi connectivity index (χ2n) is 4.35. The maximum Gasteiger partial charge on any atom is 0.433 e. The van der Waals surface area contributed by atoms with Gasteiger partial charge in [-0.2, -0.15) is 13.2 Å². The summed E-state index contributed by atoms with van der Waals surface area (Å²) >= 11 is 0. The Hall–Kier alpha value is -2.05. The zero-order valence-corrected chi connectivity index (χ0v) is 10.8. The molecule has 2 aromatic heterocycles. The van der Waals surface area contributed by atoms with Crippen molar-refractivity contribution in [3.63, 3.8) is 0 Å². The van der Waals surface area contributed by atoms with Gasteiger partial charge < -0.3 is 9.72 Å². The molecule has 0 fully saturated rings. The summed E-state index contributed by atoms with van der Waals surface area (Å²) in [5, 5.41) is 0. The molecule has 0 aliphatic heterocycles. The molecule has 0 bridgehead atoms. The van der Waals surface area contributed by atoms with Crippen molar-refractivity contribution in [1.29, 1.82) is 0 Å². The van der Waals surface area contributed by atoms with E-state index in [-0.39, 0.29) is 17.9 Å². The van der Waals surface area contributed by atoms with E-state index in [1.807, 2.05) is 0 Å². The van der Waals surface area contributed by atoms with Crippen LogP contribution in [-0.4, -0.2) is 23.0 Å². The van der Waals surface area contributed by atoms with E-state index in [0.717, 1.165) is 11.8 Å². The Morgan fingerprint density at radius 3 is 2.80 bits per heavy atom. The van der Waals surface area contributed by atoms with Gasteiger partial charge in [-0.05, 0) is 31.0 Å². The lowest BCUT2D eigenvalue weighted by Crippen LogP contribution is -2.07. The number of carbonyl (C=O) groups is 1. The second-order valence-corrected chi connectivity index (χ2v) is 4.35. The molecule has 0 aliphatic carbocycles. The number of aryl methyl sites for hydroxylation is 1. The number of aromatic nitrogens is 2. The van der Waals surface area contributed by atoms with Crippen molar-refractivity contribution in [2.24, 2.45) is 0 Å². The van der Waals surface area contributed by atoms with Gasteiger partial charge in [-0.1, -0.05) is 0 Å². The highest BCUT2D eigenvalue weighted by molar-refractivity contribution is 5.76. The molecule has 4 nitrogen and oxygen atoms in total. The third kappa shape index (κ3) is 3.28. The number of aromatic amines is 1. The number of hydrogen-bond donors (Lipinski definition) is 1. The number of methoxy groups -OCH3 is 1. The SMILES string of the molecule is COC(=O)CCCc1cc2nc(C(F)(F)F)ccc2[nH]1. The first-order valence-corrected chi connectivity index (χ1v) is 6.03. The van der Waals surface area contributed by atoms with E-state index in [1.165, 1.54) is 13.2 Å². The zero-order valence-electron chi connectivity index (χ0n) is 10.8. The molecule has 108 valence electrons. The fraction of sp³-hybridized carbons (Fsp3) is 0.385. The standard InChI is InChI=1S/C13H13F3N2O2/c1-20-12(19)4-2-3-8-7-10-9(17-8)5-6-11(18-10)13(14,15)16/h5-7,17H,2-4H2,1H3. The van der Waals surface area contributed by atoms with Crippen LogP contribution in [0.4, 0.5) is 13.2 Å². The van der Waals surface area contributed by atoms with Crippen LogP contribution in [-0.2, 0) is 22.1 Å². The summed E-state index contributed by atoms with van der Waals surface area (Å²) in [6, 6.07) is 3.87. The second kappa shape index (κ2) is 5.52. The Kier molecular flexibility index (Phi) is 3.96. The first-order valence-electron chi connectivity index (χ1n) is 6.03. The maximum atomic E-state index is 12.5. The molecule has 2 rings (SSSR count). The highest BCUT2D eigenvalue weighted by Gasteiger charge is 2.32. The smallest absolute Gasteiger partial charge is 0.433 e. The minimum atomic E-state index is -4.45. The summed E-state index contributed by atoms with van der Waals surface area (Å²) in [7, 11) is 1.31. The molecule has 1 N–H and O–H groups in total. The number of halogens is 3. The summed E-state index contributed by atoms with van der Waals surface area (Å²) in [5.74, 6) is -0.307. The van der Waals surface area contributed by atoms with Crippen molar-refractivity contribution < 1.29 is 22.7 Å². The molecule has 0 aromatic carbocycles. The lowest BCUT2D eigenvalue weighted by molar-refractivity contribution is -0.141. The van der Waals surface area contributed by atoms with Crippen molar-refractivity contribution in [3.8, 4) is 0 Å². The number of esters is 1. The van der Waals surface area contributed by atoms with E-state index in [0.29, 0.717) is 18.4 Å². The van der Waals surface area contributed by atoms with Gasteiger partial charge in [0.1, 0.15) is 5.69 Å². The van der Waals surface area contributed by atoms with E-state index in [1.54, 1.807) is 6.07 Å². The molecule has 0 radical (unpaired) electrons. The summed E-state index contributed by atoms with van der Waals surface area (Å²) in [6.07, 6.45) is -3.07. The summed E-state index contributed by atoms with van der Waals surface area (Å²) in [4.78, 5) is 17.5. The van der Waals surface area contributed by atoms with Crippen LogP contribution in [0.5, 0.6) is 0 Å². The Morgan fingerprint density at radius 1 is 1.40 bits per heavy atom. The number of nitrogens with zero attached hydrogens (tertiary/aromatic N) is 1. The fourth-order valence-electron chi connectivity index (χ4n) is 1.88. The number of nitrogens with one attached hydrogen (secondary N) is 1. The Balaban J connectivity index is 2.11. The molecule has 20 heavy (non-hydrogen) atoms. The lowest BCUT2D eigenvalue weighted by atomic mass is 10.2. The van der Waals surface area contributed by atoms with Crippen molar-refractivity contribution in [3.05, 3.63) is 29.6 Å². The number of alkyl halides is 3. The molecule has 0 unspecified atom stereocenters. The zero-order chi connectivity index (χ0) is 14.8. The van der Waals surface area contributed by atoms with Gasteiger partial charge in [0.05, 0.1) is 18.1 Å². The lowest BCUT2D eigenvalue weighted by Gasteiger charge is -2.04. The van der Waals surface area contributed by atoms with Gasteiger partial charge in [0.25, 0.3) is 0 Å². The molecule has 0 saturated carbocycles. The predicted molar refractivity (Wildman–Crippen MR) is 66.0 cm³/mol. The topological polar surface area (TPSA) is 55.0 Å².